The number of carboxylic acids is 1. The van der Waals surface area contributed by atoms with Crippen LogP contribution in [0, 0.1) is 11.8 Å². The normalized spacial score (nSPS) is 22.6. The van der Waals surface area contributed by atoms with Crippen LogP contribution >= 0.6 is 0 Å². The van der Waals surface area contributed by atoms with Crippen molar-refractivity contribution in [3.05, 3.63) is 35.9 Å². The molecule has 24 heavy (non-hydrogen) atoms. The van der Waals surface area contributed by atoms with Gasteiger partial charge in [0.1, 0.15) is 0 Å². The van der Waals surface area contributed by atoms with Crippen molar-refractivity contribution in [1.29, 1.82) is 0 Å². The second-order valence-corrected chi connectivity index (χ2v) is 6.09. The molecule has 1 saturated carbocycles. The summed E-state index contributed by atoms with van der Waals surface area (Å²) >= 11 is 0. The quantitative estimate of drug-likeness (QED) is 0.862. The Morgan fingerprint density at radius 1 is 1.17 bits per heavy atom. The minimum absolute atomic E-state index is 0.0529. The number of carboxylic acid groups (broad SMARTS) is 1. The first-order valence-electron chi connectivity index (χ1n) is 7.93. The van der Waals surface area contributed by atoms with E-state index in [0.29, 0.717) is 18.4 Å². The number of hydrogen-bond acceptors (Lipinski definition) is 2. The van der Waals surface area contributed by atoms with Crippen molar-refractivity contribution < 1.29 is 27.9 Å². The Balaban J connectivity index is 2.03. The number of halogens is 3. The topological polar surface area (TPSA) is 66.4 Å². The molecule has 1 fully saturated rings. The van der Waals surface area contributed by atoms with Crippen molar-refractivity contribution in [2.24, 2.45) is 11.8 Å². The van der Waals surface area contributed by atoms with Crippen molar-refractivity contribution in [3.63, 3.8) is 0 Å². The maximum absolute atomic E-state index is 13.1. The minimum Gasteiger partial charge on any atom is -0.481 e. The number of hydrogen-bond donors (Lipinski definition) is 2. The number of alkyl halides is 3. The predicted octanol–water partition coefficient (Wildman–Crippen LogP) is 3.34. The van der Waals surface area contributed by atoms with E-state index in [-0.39, 0.29) is 19.4 Å². The van der Waals surface area contributed by atoms with Gasteiger partial charge in [-0.15, -0.1) is 0 Å². The molecule has 2 rings (SSSR count). The molecule has 0 bridgehead atoms. The van der Waals surface area contributed by atoms with Crippen LogP contribution in [0.15, 0.2) is 30.3 Å². The van der Waals surface area contributed by atoms with Gasteiger partial charge in [-0.25, -0.2) is 0 Å². The van der Waals surface area contributed by atoms with E-state index >= 15 is 0 Å². The first-order chi connectivity index (χ1) is 11.3. The lowest BCUT2D eigenvalue weighted by Crippen LogP contribution is -2.44. The first-order valence-corrected chi connectivity index (χ1v) is 7.93. The molecule has 0 aromatic heterocycles. The maximum atomic E-state index is 13.1. The molecule has 0 spiro atoms. The van der Waals surface area contributed by atoms with E-state index in [9.17, 15) is 27.9 Å². The highest BCUT2D eigenvalue weighted by Gasteiger charge is 2.48. The number of benzene rings is 1. The highest BCUT2D eigenvalue weighted by molar-refractivity contribution is 5.81. The van der Waals surface area contributed by atoms with Gasteiger partial charge in [-0.1, -0.05) is 43.2 Å². The zero-order valence-electron chi connectivity index (χ0n) is 13.1. The summed E-state index contributed by atoms with van der Waals surface area (Å²) in [5.41, 5.74) is 0.501. The van der Waals surface area contributed by atoms with Crippen LogP contribution in [0.4, 0.5) is 13.2 Å². The number of amides is 1. The zero-order chi connectivity index (χ0) is 17.7. The zero-order valence-corrected chi connectivity index (χ0v) is 13.1. The number of aliphatic carboxylic acids is 1. The Morgan fingerprint density at radius 3 is 2.38 bits per heavy atom. The molecule has 2 N–H and O–H groups in total. The van der Waals surface area contributed by atoms with Crippen LogP contribution in [0.1, 0.15) is 37.2 Å². The standard InChI is InChI=1S/C17H20F3NO3/c18-17(19,20)14-9-5-4-8-12(14)15(22)21-10-13(16(23)24)11-6-2-1-3-7-11/h1-3,6-7,12-14H,4-5,8-10H2,(H,21,22)(H,23,24)/t12-,13?,14-/m1/s1. The predicted molar refractivity (Wildman–Crippen MR) is 81.3 cm³/mol. The molecule has 7 heteroatoms. The van der Waals surface area contributed by atoms with Gasteiger partial charge in [0.25, 0.3) is 0 Å². The number of carbonyl (C=O) groups excluding carboxylic acids is 1. The van der Waals surface area contributed by atoms with E-state index in [0.717, 1.165) is 0 Å². The highest BCUT2D eigenvalue weighted by Crippen LogP contribution is 2.41. The molecule has 1 unspecified atom stereocenters. The van der Waals surface area contributed by atoms with Crippen LogP contribution in [0.3, 0.4) is 0 Å². The molecule has 1 aromatic carbocycles. The van der Waals surface area contributed by atoms with E-state index in [1.165, 1.54) is 0 Å². The Bertz CT molecular complexity index is 574. The summed E-state index contributed by atoms with van der Waals surface area (Å²) in [6.07, 6.45) is -3.25. The average Bonchev–Trinajstić information content (AvgIpc) is 2.54. The molecule has 4 nitrogen and oxygen atoms in total. The van der Waals surface area contributed by atoms with Gasteiger partial charge in [0, 0.05) is 12.5 Å². The minimum atomic E-state index is -4.41. The number of nitrogens with one attached hydrogen (secondary N) is 1. The van der Waals surface area contributed by atoms with E-state index in [1.54, 1.807) is 30.3 Å². The van der Waals surface area contributed by atoms with E-state index < -0.39 is 35.8 Å². The molecule has 132 valence electrons. The Hall–Kier alpha value is -2.05. The summed E-state index contributed by atoms with van der Waals surface area (Å²) in [5, 5.41) is 11.7. The lowest BCUT2D eigenvalue weighted by Gasteiger charge is -2.32. The van der Waals surface area contributed by atoms with Crippen LogP contribution in [0.5, 0.6) is 0 Å². The van der Waals surface area contributed by atoms with Crippen LogP contribution in [-0.4, -0.2) is 29.7 Å². The second kappa shape index (κ2) is 7.68. The molecule has 1 aromatic rings. The van der Waals surface area contributed by atoms with Crippen molar-refractivity contribution in [3.8, 4) is 0 Å². The lowest BCUT2D eigenvalue weighted by atomic mass is 9.78. The van der Waals surface area contributed by atoms with Crippen molar-refractivity contribution >= 4 is 11.9 Å². The summed E-state index contributed by atoms with van der Waals surface area (Å²) in [4.78, 5) is 23.6. The summed E-state index contributed by atoms with van der Waals surface area (Å²) < 4.78 is 39.2. The van der Waals surface area contributed by atoms with Gasteiger partial charge >= 0.3 is 12.1 Å². The maximum Gasteiger partial charge on any atom is 0.392 e. The monoisotopic (exact) mass is 343 g/mol. The molecule has 1 amide bonds. The van der Waals surface area contributed by atoms with Gasteiger partial charge in [-0.3, -0.25) is 9.59 Å². The molecular weight excluding hydrogens is 323 g/mol. The number of carbonyl (C=O) groups is 2. The largest absolute Gasteiger partial charge is 0.481 e. The fraction of sp³-hybridized carbons (Fsp3) is 0.529. The van der Waals surface area contributed by atoms with Crippen LogP contribution in [0.25, 0.3) is 0 Å². The van der Waals surface area contributed by atoms with Gasteiger partial charge in [0.2, 0.25) is 5.91 Å². The summed E-state index contributed by atoms with van der Waals surface area (Å²) in [7, 11) is 0. The van der Waals surface area contributed by atoms with E-state index in [1.807, 2.05) is 0 Å². The summed E-state index contributed by atoms with van der Waals surface area (Å²) in [6.45, 7) is -0.223. The Labute approximate surface area is 138 Å². The average molecular weight is 343 g/mol. The molecule has 0 heterocycles. The van der Waals surface area contributed by atoms with Gasteiger partial charge in [0.05, 0.1) is 11.8 Å². The van der Waals surface area contributed by atoms with Crippen molar-refractivity contribution in [2.45, 2.75) is 37.8 Å². The van der Waals surface area contributed by atoms with E-state index in [4.69, 9.17) is 0 Å². The summed E-state index contributed by atoms with van der Waals surface area (Å²) in [6, 6.07) is 8.31. The van der Waals surface area contributed by atoms with Crippen LogP contribution < -0.4 is 5.32 Å². The molecule has 0 radical (unpaired) electrons. The van der Waals surface area contributed by atoms with Gasteiger partial charge in [-0.2, -0.15) is 13.2 Å². The van der Waals surface area contributed by atoms with Crippen molar-refractivity contribution in [2.75, 3.05) is 6.54 Å². The first kappa shape index (κ1) is 18.3. The van der Waals surface area contributed by atoms with Gasteiger partial charge < -0.3 is 10.4 Å². The fourth-order valence-corrected chi connectivity index (χ4v) is 3.20. The molecule has 1 aliphatic rings. The summed E-state index contributed by atoms with van der Waals surface area (Å²) in [5.74, 6) is -5.60. The van der Waals surface area contributed by atoms with Crippen molar-refractivity contribution in [1.82, 2.24) is 5.32 Å². The smallest absolute Gasteiger partial charge is 0.392 e. The van der Waals surface area contributed by atoms with Crippen LogP contribution in [-0.2, 0) is 9.59 Å². The third-order valence-electron chi connectivity index (χ3n) is 4.50. The molecule has 0 saturated heterocycles. The Morgan fingerprint density at radius 2 is 1.79 bits per heavy atom. The third kappa shape index (κ3) is 4.49. The molecule has 3 atom stereocenters. The highest BCUT2D eigenvalue weighted by atomic mass is 19.4. The second-order valence-electron chi connectivity index (χ2n) is 6.09. The third-order valence-corrected chi connectivity index (χ3v) is 4.50. The van der Waals surface area contributed by atoms with Crippen LogP contribution in [0.2, 0.25) is 0 Å². The molecule has 0 aliphatic heterocycles. The SMILES string of the molecule is O=C(O)C(CNC(=O)[C@@H]1CCCC[C@H]1C(F)(F)F)c1ccccc1. The fourth-order valence-electron chi connectivity index (χ4n) is 3.20. The lowest BCUT2D eigenvalue weighted by molar-refractivity contribution is -0.198. The molecule has 1 aliphatic carbocycles. The van der Waals surface area contributed by atoms with Gasteiger partial charge in [-0.05, 0) is 18.4 Å². The van der Waals surface area contributed by atoms with Gasteiger partial charge in [0.15, 0.2) is 0 Å². The number of rotatable bonds is 5. The van der Waals surface area contributed by atoms with E-state index in [2.05, 4.69) is 5.32 Å². The molecular formula is C17H20F3NO3. The Kier molecular flexibility index (Phi) is 5.85.